The lowest BCUT2D eigenvalue weighted by molar-refractivity contribution is -0.122. The summed E-state index contributed by atoms with van der Waals surface area (Å²) in [4.78, 5) is 18.2. The number of pyridine rings is 1. The Morgan fingerprint density at radius 1 is 1.04 bits per heavy atom. The van der Waals surface area contributed by atoms with Crippen LogP contribution in [-0.2, 0) is 17.8 Å². The number of rotatable bonds is 9. The highest BCUT2D eigenvalue weighted by Crippen LogP contribution is 2.01. The van der Waals surface area contributed by atoms with Gasteiger partial charge in [0.05, 0.1) is 6.54 Å². The largest absolute Gasteiger partial charge is 0.351 e. The lowest BCUT2D eigenvalue weighted by atomic mass is 10.1. The molecule has 3 N–H and O–H groups in total. The Morgan fingerprint density at radius 2 is 1.76 bits per heavy atom. The Bertz CT molecular complexity index is 584. The van der Waals surface area contributed by atoms with E-state index in [-0.39, 0.29) is 30.7 Å². The van der Waals surface area contributed by atoms with E-state index in [9.17, 15) is 4.79 Å². The van der Waals surface area contributed by atoms with Gasteiger partial charge in [-0.05, 0) is 23.6 Å². The summed E-state index contributed by atoms with van der Waals surface area (Å²) in [7, 11) is 0. The molecule has 1 amide bonds. The van der Waals surface area contributed by atoms with Gasteiger partial charge in [-0.1, -0.05) is 36.4 Å². The zero-order chi connectivity index (χ0) is 16.3. The van der Waals surface area contributed by atoms with Crippen LogP contribution < -0.4 is 11.1 Å². The molecule has 0 unspecified atom stereocenters. The first-order valence-electron chi connectivity index (χ1n) is 7.90. The SMILES string of the molecule is Cl.Cl.NCCN(CCc1ccccc1)CC(=O)NCc1cccnc1. The number of halogens is 2. The van der Waals surface area contributed by atoms with Gasteiger partial charge >= 0.3 is 0 Å². The third kappa shape index (κ3) is 9.41. The van der Waals surface area contributed by atoms with Crippen molar-refractivity contribution >= 4 is 30.7 Å². The standard InChI is InChI=1S/C18H24N4O.2ClH/c19-9-12-22(11-8-16-5-2-1-3-6-16)15-18(23)21-14-17-7-4-10-20-13-17;;/h1-7,10,13H,8-9,11-12,14-15,19H2,(H,21,23);2*1H. The molecule has 0 aliphatic rings. The van der Waals surface area contributed by atoms with Crippen molar-refractivity contribution < 1.29 is 4.79 Å². The molecule has 0 saturated carbocycles. The third-order valence-electron chi connectivity index (χ3n) is 3.58. The molecular formula is C18H26Cl2N4O. The lowest BCUT2D eigenvalue weighted by Gasteiger charge is -2.21. The van der Waals surface area contributed by atoms with E-state index >= 15 is 0 Å². The van der Waals surface area contributed by atoms with Crippen LogP contribution in [0.2, 0.25) is 0 Å². The highest BCUT2D eigenvalue weighted by molar-refractivity contribution is 5.85. The van der Waals surface area contributed by atoms with E-state index in [0.717, 1.165) is 18.5 Å². The minimum atomic E-state index is 0. The average Bonchev–Trinajstić information content (AvgIpc) is 2.60. The number of hydrogen-bond donors (Lipinski definition) is 2. The molecular weight excluding hydrogens is 359 g/mol. The first-order valence-corrected chi connectivity index (χ1v) is 7.90. The Labute approximate surface area is 161 Å². The van der Waals surface area contributed by atoms with Gasteiger partial charge < -0.3 is 11.1 Å². The molecule has 2 aromatic rings. The molecule has 2 rings (SSSR count). The van der Waals surface area contributed by atoms with Gasteiger partial charge in [0.15, 0.2) is 0 Å². The van der Waals surface area contributed by atoms with Crippen molar-refractivity contribution in [3.63, 3.8) is 0 Å². The van der Waals surface area contributed by atoms with E-state index in [4.69, 9.17) is 5.73 Å². The van der Waals surface area contributed by atoms with Crippen LogP contribution in [0, 0.1) is 0 Å². The second kappa shape index (κ2) is 13.6. The molecule has 138 valence electrons. The van der Waals surface area contributed by atoms with Gasteiger partial charge in [0.1, 0.15) is 0 Å². The monoisotopic (exact) mass is 384 g/mol. The van der Waals surface area contributed by atoms with E-state index in [1.165, 1.54) is 5.56 Å². The van der Waals surface area contributed by atoms with E-state index in [1.54, 1.807) is 12.4 Å². The maximum absolute atomic E-state index is 12.1. The molecule has 0 radical (unpaired) electrons. The first kappa shape index (κ1) is 23.3. The molecule has 0 spiro atoms. The number of nitrogens with two attached hydrogens (primary N) is 1. The molecule has 7 heteroatoms. The lowest BCUT2D eigenvalue weighted by Crippen LogP contribution is -2.40. The van der Waals surface area contributed by atoms with Crippen LogP contribution in [0.5, 0.6) is 0 Å². The summed E-state index contributed by atoms with van der Waals surface area (Å²) in [5.74, 6) is 0.00960. The Hall–Kier alpha value is -1.66. The van der Waals surface area contributed by atoms with Crippen molar-refractivity contribution in [2.75, 3.05) is 26.2 Å². The van der Waals surface area contributed by atoms with Gasteiger partial charge in [-0.3, -0.25) is 14.7 Å². The predicted octanol–water partition coefficient (Wildman–Crippen LogP) is 2.04. The van der Waals surface area contributed by atoms with Gasteiger partial charge in [-0.15, -0.1) is 24.8 Å². The number of nitrogens with zero attached hydrogens (tertiary/aromatic N) is 2. The molecule has 1 aromatic carbocycles. The van der Waals surface area contributed by atoms with Crippen molar-refractivity contribution in [3.05, 3.63) is 66.0 Å². The van der Waals surface area contributed by atoms with E-state index in [2.05, 4.69) is 27.3 Å². The van der Waals surface area contributed by atoms with Crippen LogP contribution in [-0.4, -0.2) is 42.0 Å². The normalized spacial score (nSPS) is 9.84. The fourth-order valence-electron chi connectivity index (χ4n) is 2.35. The first-order chi connectivity index (χ1) is 11.3. The molecule has 0 bridgehead atoms. The quantitative estimate of drug-likeness (QED) is 0.693. The molecule has 5 nitrogen and oxygen atoms in total. The van der Waals surface area contributed by atoms with E-state index < -0.39 is 0 Å². The summed E-state index contributed by atoms with van der Waals surface area (Å²) in [6.07, 6.45) is 4.39. The van der Waals surface area contributed by atoms with Crippen molar-refractivity contribution in [3.8, 4) is 0 Å². The van der Waals surface area contributed by atoms with Crippen molar-refractivity contribution in [2.45, 2.75) is 13.0 Å². The van der Waals surface area contributed by atoms with Gasteiger partial charge in [-0.2, -0.15) is 0 Å². The number of carbonyl (C=O) groups is 1. The summed E-state index contributed by atoms with van der Waals surface area (Å²) in [6.45, 7) is 2.95. The van der Waals surface area contributed by atoms with Crippen LogP contribution in [0.25, 0.3) is 0 Å². The maximum atomic E-state index is 12.1. The molecule has 1 heterocycles. The number of hydrogen-bond acceptors (Lipinski definition) is 4. The fourth-order valence-corrected chi connectivity index (χ4v) is 2.35. The predicted molar refractivity (Wildman–Crippen MR) is 106 cm³/mol. The van der Waals surface area contributed by atoms with Gasteiger partial charge in [0.2, 0.25) is 5.91 Å². The van der Waals surface area contributed by atoms with E-state index in [1.807, 2.05) is 30.3 Å². The van der Waals surface area contributed by atoms with Crippen LogP contribution >= 0.6 is 24.8 Å². The summed E-state index contributed by atoms with van der Waals surface area (Å²) in [5, 5.41) is 2.92. The van der Waals surface area contributed by atoms with Crippen molar-refractivity contribution in [1.29, 1.82) is 0 Å². The summed E-state index contributed by atoms with van der Waals surface area (Å²) in [5.41, 5.74) is 7.92. The smallest absolute Gasteiger partial charge is 0.234 e. The van der Waals surface area contributed by atoms with Crippen LogP contribution in [0.15, 0.2) is 54.9 Å². The second-order valence-electron chi connectivity index (χ2n) is 5.44. The highest BCUT2D eigenvalue weighted by Gasteiger charge is 2.10. The topological polar surface area (TPSA) is 71.2 Å². The number of carbonyl (C=O) groups excluding carboxylic acids is 1. The van der Waals surface area contributed by atoms with Gasteiger partial charge in [0, 0.05) is 38.6 Å². The second-order valence-corrected chi connectivity index (χ2v) is 5.44. The molecule has 25 heavy (non-hydrogen) atoms. The van der Waals surface area contributed by atoms with Crippen LogP contribution in [0.3, 0.4) is 0 Å². The van der Waals surface area contributed by atoms with E-state index in [0.29, 0.717) is 26.2 Å². The summed E-state index contributed by atoms with van der Waals surface area (Å²) < 4.78 is 0. The van der Waals surface area contributed by atoms with Gasteiger partial charge in [0.25, 0.3) is 0 Å². The fraction of sp³-hybridized carbons (Fsp3) is 0.333. The minimum Gasteiger partial charge on any atom is -0.351 e. The van der Waals surface area contributed by atoms with Gasteiger partial charge in [-0.25, -0.2) is 0 Å². The Morgan fingerprint density at radius 3 is 2.40 bits per heavy atom. The molecule has 0 saturated heterocycles. The molecule has 1 aromatic heterocycles. The molecule has 0 fully saturated rings. The zero-order valence-electron chi connectivity index (χ0n) is 14.1. The summed E-state index contributed by atoms with van der Waals surface area (Å²) >= 11 is 0. The van der Waals surface area contributed by atoms with Crippen LogP contribution in [0.4, 0.5) is 0 Å². The number of amides is 1. The highest BCUT2D eigenvalue weighted by atomic mass is 35.5. The zero-order valence-corrected chi connectivity index (χ0v) is 15.8. The minimum absolute atomic E-state index is 0. The number of nitrogens with one attached hydrogen (secondary N) is 1. The number of aromatic nitrogens is 1. The van der Waals surface area contributed by atoms with Crippen LogP contribution in [0.1, 0.15) is 11.1 Å². The third-order valence-corrected chi connectivity index (χ3v) is 3.58. The number of benzene rings is 1. The average molecular weight is 385 g/mol. The summed E-state index contributed by atoms with van der Waals surface area (Å²) in [6, 6.07) is 14.1. The molecule has 0 aliphatic carbocycles. The van der Waals surface area contributed by atoms with Crippen molar-refractivity contribution in [2.24, 2.45) is 5.73 Å². The molecule has 0 atom stereocenters. The maximum Gasteiger partial charge on any atom is 0.234 e. The Balaban J connectivity index is 0.00000288. The van der Waals surface area contributed by atoms with Crippen molar-refractivity contribution in [1.82, 2.24) is 15.2 Å². The molecule has 0 aliphatic heterocycles. The Kier molecular flexibility index (Phi) is 12.7.